The molecule has 7 nitrogen and oxygen atoms in total. The number of fused-ring (bicyclic) bond motifs is 1. The molecular weight excluding hydrogens is 310 g/mol. The van der Waals surface area contributed by atoms with Crippen LogP contribution in [0.3, 0.4) is 0 Å². The Morgan fingerprint density at radius 2 is 2.33 bits per heavy atom. The molecule has 4 rings (SSSR count). The summed E-state index contributed by atoms with van der Waals surface area (Å²) < 4.78 is 18.9. The van der Waals surface area contributed by atoms with Crippen molar-refractivity contribution in [2.75, 3.05) is 33.0 Å². The molecule has 0 radical (unpaired) electrons. The largest absolute Gasteiger partial charge is 0.487 e. The van der Waals surface area contributed by atoms with Crippen molar-refractivity contribution >= 4 is 5.91 Å². The molecule has 2 aromatic rings. The molecule has 2 aliphatic heterocycles. The lowest BCUT2D eigenvalue weighted by Gasteiger charge is -2.24. The van der Waals surface area contributed by atoms with E-state index in [1.807, 2.05) is 22.9 Å². The van der Waals surface area contributed by atoms with Crippen LogP contribution in [0.1, 0.15) is 16.1 Å². The first kappa shape index (κ1) is 15.2. The van der Waals surface area contributed by atoms with Crippen LogP contribution in [0.15, 0.2) is 30.7 Å². The average Bonchev–Trinajstić information content (AvgIpc) is 3.06. The highest BCUT2D eigenvalue weighted by molar-refractivity contribution is 5.96. The maximum absolute atomic E-state index is 11.9. The van der Waals surface area contributed by atoms with E-state index < -0.39 is 0 Å². The van der Waals surface area contributed by atoms with Crippen molar-refractivity contribution in [3.63, 3.8) is 0 Å². The second-order valence-electron chi connectivity index (χ2n) is 5.77. The number of rotatable bonds is 4. The minimum atomic E-state index is -0.0730. The van der Waals surface area contributed by atoms with Gasteiger partial charge >= 0.3 is 0 Å². The van der Waals surface area contributed by atoms with Gasteiger partial charge in [-0.2, -0.15) is 0 Å². The van der Waals surface area contributed by atoms with Crippen molar-refractivity contribution in [2.24, 2.45) is 0 Å². The van der Waals surface area contributed by atoms with E-state index in [0.717, 1.165) is 17.8 Å². The number of amides is 1. The summed E-state index contributed by atoms with van der Waals surface area (Å²) in [4.78, 5) is 16.1. The quantitative estimate of drug-likeness (QED) is 0.904. The Morgan fingerprint density at radius 3 is 3.21 bits per heavy atom. The van der Waals surface area contributed by atoms with Crippen LogP contribution in [-0.4, -0.2) is 54.5 Å². The molecule has 1 atom stereocenters. The lowest BCUT2D eigenvalue weighted by Crippen LogP contribution is -2.33. The van der Waals surface area contributed by atoms with Crippen molar-refractivity contribution in [2.45, 2.75) is 12.5 Å². The fourth-order valence-corrected chi connectivity index (χ4v) is 3.04. The van der Waals surface area contributed by atoms with Crippen molar-refractivity contribution < 1.29 is 19.0 Å². The third-order valence-corrected chi connectivity index (χ3v) is 4.22. The van der Waals surface area contributed by atoms with Crippen LogP contribution in [0.5, 0.6) is 5.75 Å². The highest BCUT2D eigenvalue weighted by Gasteiger charge is 2.22. The van der Waals surface area contributed by atoms with Crippen molar-refractivity contribution in [3.8, 4) is 11.4 Å². The van der Waals surface area contributed by atoms with Gasteiger partial charge < -0.3 is 24.1 Å². The lowest BCUT2D eigenvalue weighted by molar-refractivity contribution is -0.101. The van der Waals surface area contributed by atoms with Crippen LogP contribution in [0.25, 0.3) is 5.69 Å². The van der Waals surface area contributed by atoms with Crippen LogP contribution in [-0.2, 0) is 15.9 Å². The molecule has 1 amide bonds. The maximum atomic E-state index is 11.9. The molecular formula is C17H19N3O4. The van der Waals surface area contributed by atoms with E-state index in [-0.39, 0.29) is 12.0 Å². The Morgan fingerprint density at radius 1 is 1.38 bits per heavy atom. The molecule has 1 saturated heterocycles. The zero-order valence-electron chi connectivity index (χ0n) is 13.2. The van der Waals surface area contributed by atoms with E-state index in [4.69, 9.17) is 14.2 Å². The summed E-state index contributed by atoms with van der Waals surface area (Å²) >= 11 is 0. The van der Waals surface area contributed by atoms with E-state index >= 15 is 0 Å². The normalized spacial score (nSPS) is 20.3. The lowest BCUT2D eigenvalue weighted by atomic mass is 10.1. The zero-order chi connectivity index (χ0) is 16.4. The summed E-state index contributed by atoms with van der Waals surface area (Å²) in [7, 11) is 0. The Kier molecular flexibility index (Phi) is 4.18. The second kappa shape index (κ2) is 6.62. The number of aromatic nitrogens is 2. The fraction of sp³-hybridized carbons (Fsp3) is 0.412. The van der Waals surface area contributed by atoms with Gasteiger partial charge in [-0.15, -0.1) is 0 Å². The molecule has 0 aromatic carbocycles. The van der Waals surface area contributed by atoms with Gasteiger partial charge in [0.2, 0.25) is 0 Å². The third kappa shape index (κ3) is 2.88. The first-order chi connectivity index (χ1) is 11.8. The summed E-state index contributed by atoms with van der Waals surface area (Å²) in [5.74, 6) is 0.635. The molecule has 0 spiro atoms. The molecule has 4 heterocycles. The molecule has 1 fully saturated rings. The minimum Gasteiger partial charge on any atom is -0.487 e. The first-order valence-corrected chi connectivity index (χ1v) is 8.08. The Labute approximate surface area is 139 Å². The minimum absolute atomic E-state index is 0.0284. The van der Waals surface area contributed by atoms with Gasteiger partial charge in [-0.25, -0.2) is 0 Å². The van der Waals surface area contributed by atoms with Crippen LogP contribution in [0.2, 0.25) is 0 Å². The molecule has 24 heavy (non-hydrogen) atoms. The van der Waals surface area contributed by atoms with Crippen LogP contribution >= 0.6 is 0 Å². The van der Waals surface area contributed by atoms with E-state index in [1.165, 1.54) is 0 Å². The van der Waals surface area contributed by atoms with Crippen molar-refractivity contribution in [1.29, 1.82) is 0 Å². The Bertz CT molecular complexity index is 737. The van der Waals surface area contributed by atoms with Crippen LogP contribution < -0.4 is 10.1 Å². The fourth-order valence-electron chi connectivity index (χ4n) is 3.04. The molecule has 0 saturated carbocycles. The standard InChI is InChI=1S/C17H19N3O4/c21-17-13-3-6-20(14(13)2-5-19-17)15-1-4-18-9-16(15)24-11-12-10-22-7-8-23-12/h1,3-4,6,9,12H,2,5,7-8,10-11H2,(H,19,21)/t12-/m0/s1. The summed E-state index contributed by atoms with van der Waals surface area (Å²) in [6.07, 6.45) is 6.02. The number of carbonyl (C=O) groups is 1. The smallest absolute Gasteiger partial charge is 0.253 e. The van der Waals surface area contributed by atoms with E-state index in [0.29, 0.717) is 44.3 Å². The first-order valence-electron chi connectivity index (χ1n) is 8.08. The van der Waals surface area contributed by atoms with Gasteiger partial charge in [-0.1, -0.05) is 0 Å². The monoisotopic (exact) mass is 329 g/mol. The predicted octanol–water partition coefficient (Wildman–Crippen LogP) is 0.952. The summed E-state index contributed by atoms with van der Waals surface area (Å²) in [5.41, 5.74) is 2.58. The number of nitrogens with one attached hydrogen (secondary N) is 1. The van der Waals surface area contributed by atoms with Gasteiger partial charge in [-0.3, -0.25) is 9.78 Å². The third-order valence-electron chi connectivity index (χ3n) is 4.22. The van der Waals surface area contributed by atoms with Gasteiger partial charge in [0.05, 0.1) is 37.3 Å². The number of ether oxygens (including phenoxy) is 3. The Balaban J connectivity index is 1.59. The number of pyridine rings is 1. The number of nitrogens with zero attached hydrogens (tertiary/aromatic N) is 2. The molecule has 1 N–H and O–H groups in total. The predicted molar refractivity (Wildman–Crippen MR) is 85.7 cm³/mol. The van der Waals surface area contributed by atoms with Gasteiger partial charge in [0.1, 0.15) is 12.7 Å². The molecule has 2 aromatic heterocycles. The molecule has 0 aliphatic carbocycles. The molecule has 2 aliphatic rings. The summed E-state index contributed by atoms with van der Waals surface area (Å²) in [6, 6.07) is 3.73. The number of carbonyl (C=O) groups excluding carboxylic acids is 1. The highest BCUT2D eigenvalue weighted by Crippen LogP contribution is 2.27. The van der Waals surface area contributed by atoms with E-state index in [2.05, 4.69) is 10.3 Å². The molecule has 0 unspecified atom stereocenters. The second-order valence-corrected chi connectivity index (χ2v) is 5.77. The summed E-state index contributed by atoms with van der Waals surface area (Å²) in [5, 5.41) is 2.86. The van der Waals surface area contributed by atoms with E-state index in [9.17, 15) is 4.79 Å². The van der Waals surface area contributed by atoms with Gasteiger partial charge in [0, 0.05) is 31.1 Å². The topological polar surface area (TPSA) is 74.6 Å². The molecule has 0 bridgehead atoms. The van der Waals surface area contributed by atoms with Crippen molar-refractivity contribution in [1.82, 2.24) is 14.9 Å². The van der Waals surface area contributed by atoms with Crippen molar-refractivity contribution in [3.05, 3.63) is 42.0 Å². The van der Waals surface area contributed by atoms with Gasteiger partial charge in [0.15, 0.2) is 5.75 Å². The van der Waals surface area contributed by atoms with E-state index in [1.54, 1.807) is 12.4 Å². The number of hydrogen-bond acceptors (Lipinski definition) is 5. The Hall–Kier alpha value is -2.38. The maximum Gasteiger partial charge on any atom is 0.253 e. The van der Waals surface area contributed by atoms with Gasteiger partial charge in [0.25, 0.3) is 5.91 Å². The SMILES string of the molecule is O=C1NCCc2c1ccn2-c1ccncc1OC[C@@H]1COCCO1. The molecule has 7 heteroatoms. The van der Waals surface area contributed by atoms with Crippen LogP contribution in [0, 0.1) is 0 Å². The van der Waals surface area contributed by atoms with Gasteiger partial charge in [-0.05, 0) is 12.1 Å². The average molecular weight is 329 g/mol. The van der Waals surface area contributed by atoms with Crippen LogP contribution in [0.4, 0.5) is 0 Å². The highest BCUT2D eigenvalue weighted by atomic mass is 16.6. The molecule has 126 valence electrons. The summed E-state index contributed by atoms with van der Waals surface area (Å²) in [6.45, 7) is 2.81. The zero-order valence-corrected chi connectivity index (χ0v) is 13.2. The number of hydrogen-bond donors (Lipinski definition) is 1.